The topological polar surface area (TPSA) is 66.7 Å². The van der Waals surface area contributed by atoms with Gasteiger partial charge in [-0.05, 0) is 44.3 Å². The highest BCUT2D eigenvalue weighted by Gasteiger charge is 2.29. The predicted octanol–water partition coefficient (Wildman–Crippen LogP) is 2.43. The molecule has 0 aliphatic carbocycles. The number of carbonyl (C=O) groups excluding carboxylic acids is 1. The van der Waals surface area contributed by atoms with E-state index in [-0.39, 0.29) is 16.5 Å². The van der Waals surface area contributed by atoms with E-state index in [1.807, 2.05) is 17.0 Å². The van der Waals surface area contributed by atoms with Gasteiger partial charge in [0.15, 0.2) is 0 Å². The number of carbonyl (C=O) groups is 1. The lowest BCUT2D eigenvalue weighted by molar-refractivity contribution is -0.384. The minimum Gasteiger partial charge on any atom is -0.342 e. The molecule has 2 aliphatic rings. The second-order valence-corrected chi connectivity index (χ2v) is 6.51. The van der Waals surface area contributed by atoms with Crippen molar-refractivity contribution in [1.29, 1.82) is 0 Å². The molecule has 1 aromatic rings. The van der Waals surface area contributed by atoms with Gasteiger partial charge in [-0.15, -0.1) is 0 Å². The summed E-state index contributed by atoms with van der Waals surface area (Å²) in [6, 6.07) is 6.75. The fourth-order valence-electron chi connectivity index (χ4n) is 3.52. The number of amides is 1. The van der Waals surface area contributed by atoms with Gasteiger partial charge in [0, 0.05) is 37.7 Å². The van der Waals surface area contributed by atoms with E-state index in [0.717, 1.165) is 64.0 Å². The third kappa shape index (κ3) is 3.88. The van der Waals surface area contributed by atoms with E-state index in [0.29, 0.717) is 5.91 Å². The molecular weight excluding hydrogens is 294 g/mol. The Bertz CT molecular complexity index is 559. The molecule has 1 aromatic carbocycles. The first-order chi connectivity index (χ1) is 11.1. The number of non-ortho nitro benzene ring substituents is 1. The van der Waals surface area contributed by atoms with Crippen molar-refractivity contribution >= 4 is 11.6 Å². The molecule has 0 bridgehead atoms. The standard InChI is InChI=1S/C17H23N3O3/c21-17(19-9-1-2-10-19)15-7-11-18(12-8-15)13-14-3-5-16(6-4-14)20(22)23/h3-6,15H,1-2,7-13H2. The molecule has 124 valence electrons. The lowest BCUT2D eigenvalue weighted by Crippen LogP contribution is -2.41. The summed E-state index contributed by atoms with van der Waals surface area (Å²) in [5.74, 6) is 0.527. The minimum absolute atomic E-state index is 0.128. The van der Waals surface area contributed by atoms with Crippen LogP contribution in [0, 0.1) is 16.0 Å². The van der Waals surface area contributed by atoms with Crippen molar-refractivity contribution in [3.8, 4) is 0 Å². The number of rotatable bonds is 4. The van der Waals surface area contributed by atoms with E-state index in [1.165, 1.54) is 0 Å². The van der Waals surface area contributed by atoms with E-state index in [4.69, 9.17) is 0 Å². The maximum atomic E-state index is 12.4. The van der Waals surface area contributed by atoms with Gasteiger partial charge >= 0.3 is 0 Å². The van der Waals surface area contributed by atoms with Crippen LogP contribution in [-0.4, -0.2) is 46.8 Å². The van der Waals surface area contributed by atoms with Crippen molar-refractivity contribution in [1.82, 2.24) is 9.80 Å². The smallest absolute Gasteiger partial charge is 0.269 e. The van der Waals surface area contributed by atoms with Gasteiger partial charge in [0.05, 0.1) is 4.92 Å². The van der Waals surface area contributed by atoms with E-state index in [1.54, 1.807) is 12.1 Å². The quantitative estimate of drug-likeness (QED) is 0.632. The fraction of sp³-hybridized carbons (Fsp3) is 0.588. The summed E-state index contributed by atoms with van der Waals surface area (Å²) >= 11 is 0. The van der Waals surface area contributed by atoms with Crippen LogP contribution >= 0.6 is 0 Å². The van der Waals surface area contributed by atoms with Gasteiger partial charge in [0.2, 0.25) is 5.91 Å². The second-order valence-electron chi connectivity index (χ2n) is 6.51. The predicted molar refractivity (Wildman–Crippen MR) is 86.9 cm³/mol. The second kappa shape index (κ2) is 7.08. The maximum absolute atomic E-state index is 12.4. The van der Waals surface area contributed by atoms with Gasteiger partial charge in [-0.2, -0.15) is 0 Å². The summed E-state index contributed by atoms with van der Waals surface area (Å²) in [7, 11) is 0. The first kappa shape index (κ1) is 15.9. The zero-order valence-electron chi connectivity index (χ0n) is 13.3. The third-order valence-electron chi connectivity index (χ3n) is 4.91. The molecule has 0 saturated carbocycles. The molecule has 2 saturated heterocycles. The number of nitro benzene ring substituents is 1. The number of hydrogen-bond donors (Lipinski definition) is 0. The monoisotopic (exact) mass is 317 g/mol. The first-order valence-electron chi connectivity index (χ1n) is 8.38. The highest BCUT2D eigenvalue weighted by atomic mass is 16.6. The lowest BCUT2D eigenvalue weighted by atomic mass is 9.95. The molecule has 1 amide bonds. The Labute approximate surface area is 136 Å². The van der Waals surface area contributed by atoms with Crippen LogP contribution in [-0.2, 0) is 11.3 Å². The normalized spacial score (nSPS) is 19.9. The van der Waals surface area contributed by atoms with Crippen LogP contribution in [0.5, 0.6) is 0 Å². The highest BCUT2D eigenvalue weighted by Crippen LogP contribution is 2.23. The van der Waals surface area contributed by atoms with Crippen molar-refractivity contribution < 1.29 is 9.72 Å². The molecule has 6 nitrogen and oxygen atoms in total. The van der Waals surface area contributed by atoms with Crippen molar-refractivity contribution in [3.05, 3.63) is 39.9 Å². The Morgan fingerprint density at radius 2 is 1.70 bits per heavy atom. The molecule has 0 spiro atoms. The van der Waals surface area contributed by atoms with Gasteiger partial charge in [0.25, 0.3) is 5.69 Å². The molecule has 0 atom stereocenters. The van der Waals surface area contributed by atoms with Crippen LogP contribution < -0.4 is 0 Å². The number of nitrogens with zero attached hydrogens (tertiary/aromatic N) is 3. The van der Waals surface area contributed by atoms with E-state index < -0.39 is 0 Å². The molecule has 2 heterocycles. The van der Waals surface area contributed by atoms with Gasteiger partial charge in [-0.1, -0.05) is 12.1 Å². The van der Waals surface area contributed by atoms with Crippen molar-refractivity contribution in [2.24, 2.45) is 5.92 Å². The largest absolute Gasteiger partial charge is 0.342 e. The molecular formula is C17H23N3O3. The number of piperidine rings is 1. The van der Waals surface area contributed by atoms with Crippen LogP contribution in [0.2, 0.25) is 0 Å². The van der Waals surface area contributed by atoms with Gasteiger partial charge in [0.1, 0.15) is 0 Å². The van der Waals surface area contributed by atoms with Crippen LogP contribution in [0.25, 0.3) is 0 Å². The summed E-state index contributed by atoms with van der Waals surface area (Å²) in [4.78, 5) is 27.1. The molecule has 2 fully saturated rings. The number of likely N-dealkylation sites (tertiary alicyclic amines) is 2. The van der Waals surface area contributed by atoms with Crippen LogP contribution in [0.1, 0.15) is 31.2 Å². The Balaban J connectivity index is 1.48. The average Bonchev–Trinajstić information content (AvgIpc) is 3.10. The molecule has 6 heteroatoms. The summed E-state index contributed by atoms with van der Waals surface area (Å²) in [5, 5.41) is 10.7. The van der Waals surface area contributed by atoms with Crippen molar-refractivity contribution in [3.63, 3.8) is 0 Å². The third-order valence-corrected chi connectivity index (χ3v) is 4.91. The lowest BCUT2D eigenvalue weighted by Gasteiger charge is -2.33. The van der Waals surface area contributed by atoms with E-state index in [2.05, 4.69) is 4.90 Å². The summed E-state index contributed by atoms with van der Waals surface area (Å²) in [6.45, 7) is 4.49. The van der Waals surface area contributed by atoms with Crippen LogP contribution in [0.15, 0.2) is 24.3 Å². The Morgan fingerprint density at radius 3 is 2.26 bits per heavy atom. The first-order valence-corrected chi connectivity index (χ1v) is 8.38. The summed E-state index contributed by atoms with van der Waals surface area (Å²) in [5.41, 5.74) is 1.21. The van der Waals surface area contributed by atoms with Crippen LogP contribution in [0.4, 0.5) is 5.69 Å². The SMILES string of the molecule is O=C(C1CCN(Cc2ccc([N+](=O)[O-])cc2)CC1)N1CCCC1. The maximum Gasteiger partial charge on any atom is 0.269 e. The Morgan fingerprint density at radius 1 is 1.09 bits per heavy atom. The Kier molecular flexibility index (Phi) is 4.91. The van der Waals surface area contributed by atoms with Gasteiger partial charge in [-0.3, -0.25) is 19.8 Å². The molecule has 2 aliphatic heterocycles. The van der Waals surface area contributed by atoms with Crippen molar-refractivity contribution in [2.45, 2.75) is 32.2 Å². The molecule has 23 heavy (non-hydrogen) atoms. The van der Waals surface area contributed by atoms with E-state index in [9.17, 15) is 14.9 Å². The number of nitro groups is 1. The molecule has 0 unspecified atom stereocenters. The Hall–Kier alpha value is -1.95. The molecule has 0 aromatic heterocycles. The van der Waals surface area contributed by atoms with Crippen molar-refractivity contribution in [2.75, 3.05) is 26.2 Å². The summed E-state index contributed by atoms with van der Waals surface area (Å²) < 4.78 is 0. The molecule has 0 N–H and O–H groups in total. The van der Waals surface area contributed by atoms with Crippen LogP contribution in [0.3, 0.4) is 0 Å². The fourth-order valence-corrected chi connectivity index (χ4v) is 3.52. The number of hydrogen-bond acceptors (Lipinski definition) is 4. The summed E-state index contributed by atoms with van der Waals surface area (Å²) in [6.07, 6.45) is 4.13. The van der Waals surface area contributed by atoms with E-state index >= 15 is 0 Å². The average molecular weight is 317 g/mol. The highest BCUT2D eigenvalue weighted by molar-refractivity contribution is 5.79. The number of benzene rings is 1. The zero-order chi connectivity index (χ0) is 16.2. The van der Waals surface area contributed by atoms with Gasteiger partial charge in [-0.25, -0.2) is 0 Å². The minimum atomic E-state index is -0.376. The molecule has 3 rings (SSSR count). The molecule has 0 radical (unpaired) electrons. The van der Waals surface area contributed by atoms with Gasteiger partial charge < -0.3 is 4.90 Å². The zero-order valence-corrected chi connectivity index (χ0v) is 13.3.